The van der Waals surface area contributed by atoms with Crippen LogP contribution in [0.25, 0.3) is 10.9 Å². The molecular formula is C17H12Cl2N2O2. The number of hydrogen-bond acceptors (Lipinski definition) is 3. The monoisotopic (exact) mass is 346 g/mol. The van der Waals surface area contributed by atoms with E-state index >= 15 is 0 Å². The highest BCUT2D eigenvalue weighted by Crippen LogP contribution is 2.27. The fourth-order valence-corrected chi connectivity index (χ4v) is 2.46. The number of ether oxygens (including phenoxy) is 1. The van der Waals surface area contributed by atoms with Crippen molar-refractivity contribution in [2.24, 2.45) is 0 Å². The van der Waals surface area contributed by atoms with Gasteiger partial charge >= 0.3 is 0 Å². The number of benzene rings is 2. The van der Waals surface area contributed by atoms with E-state index in [-0.39, 0.29) is 12.5 Å². The molecule has 6 heteroatoms. The van der Waals surface area contributed by atoms with Crippen LogP contribution in [0, 0.1) is 0 Å². The highest BCUT2D eigenvalue weighted by atomic mass is 35.5. The van der Waals surface area contributed by atoms with Gasteiger partial charge < -0.3 is 10.1 Å². The highest BCUT2D eigenvalue weighted by molar-refractivity contribution is 6.34. The van der Waals surface area contributed by atoms with Crippen LogP contribution in [0.5, 0.6) is 5.75 Å². The molecule has 0 radical (unpaired) electrons. The summed E-state index contributed by atoms with van der Waals surface area (Å²) in [7, 11) is 0. The van der Waals surface area contributed by atoms with Gasteiger partial charge in [-0.2, -0.15) is 0 Å². The van der Waals surface area contributed by atoms with Crippen LogP contribution in [-0.4, -0.2) is 17.5 Å². The Bertz CT molecular complexity index is 863. The molecule has 1 aromatic heterocycles. The van der Waals surface area contributed by atoms with Crippen LogP contribution in [0.1, 0.15) is 0 Å². The van der Waals surface area contributed by atoms with Gasteiger partial charge in [0.1, 0.15) is 5.75 Å². The second-order valence-corrected chi connectivity index (χ2v) is 5.64. The summed E-state index contributed by atoms with van der Waals surface area (Å²) < 4.78 is 5.41. The first-order valence-electron chi connectivity index (χ1n) is 6.85. The van der Waals surface area contributed by atoms with E-state index in [1.807, 2.05) is 24.3 Å². The van der Waals surface area contributed by atoms with Crippen LogP contribution in [0.3, 0.4) is 0 Å². The molecule has 0 saturated heterocycles. The SMILES string of the molecule is O=C(COc1cc(Cl)ccc1Cl)Nc1cccc2cccnc12. The van der Waals surface area contributed by atoms with E-state index in [9.17, 15) is 4.79 Å². The second-order valence-electron chi connectivity index (χ2n) is 4.79. The number of amides is 1. The molecule has 0 bridgehead atoms. The Hall–Kier alpha value is -2.30. The number of fused-ring (bicyclic) bond motifs is 1. The molecule has 0 atom stereocenters. The zero-order valence-electron chi connectivity index (χ0n) is 11.9. The maximum Gasteiger partial charge on any atom is 0.262 e. The van der Waals surface area contributed by atoms with E-state index < -0.39 is 0 Å². The Labute approximate surface area is 143 Å². The molecule has 23 heavy (non-hydrogen) atoms. The number of hydrogen-bond donors (Lipinski definition) is 1. The van der Waals surface area contributed by atoms with Crippen LogP contribution in [0.4, 0.5) is 5.69 Å². The van der Waals surface area contributed by atoms with Gasteiger partial charge in [0.05, 0.1) is 16.2 Å². The maximum absolute atomic E-state index is 12.1. The van der Waals surface area contributed by atoms with Crippen LogP contribution in [0.2, 0.25) is 10.0 Å². The highest BCUT2D eigenvalue weighted by Gasteiger charge is 2.09. The van der Waals surface area contributed by atoms with Crippen molar-refractivity contribution in [3.63, 3.8) is 0 Å². The average Bonchev–Trinajstić information content (AvgIpc) is 2.56. The van der Waals surface area contributed by atoms with Crippen molar-refractivity contribution >= 4 is 45.7 Å². The molecule has 4 nitrogen and oxygen atoms in total. The molecule has 0 saturated carbocycles. The summed E-state index contributed by atoms with van der Waals surface area (Å²) in [6.07, 6.45) is 1.68. The van der Waals surface area contributed by atoms with E-state index in [0.29, 0.717) is 21.5 Å². The zero-order chi connectivity index (χ0) is 16.2. The lowest BCUT2D eigenvalue weighted by Gasteiger charge is -2.10. The van der Waals surface area contributed by atoms with E-state index in [1.54, 1.807) is 30.5 Å². The van der Waals surface area contributed by atoms with Crippen molar-refractivity contribution in [1.29, 1.82) is 0 Å². The predicted octanol–water partition coefficient (Wildman–Crippen LogP) is 4.56. The van der Waals surface area contributed by atoms with Gasteiger partial charge in [-0.05, 0) is 24.3 Å². The van der Waals surface area contributed by atoms with Crippen molar-refractivity contribution in [3.8, 4) is 5.75 Å². The van der Waals surface area contributed by atoms with E-state index in [2.05, 4.69) is 10.3 Å². The number of carbonyl (C=O) groups excluding carboxylic acids is 1. The van der Waals surface area contributed by atoms with Crippen LogP contribution in [-0.2, 0) is 4.79 Å². The third kappa shape index (κ3) is 3.73. The first-order valence-corrected chi connectivity index (χ1v) is 7.60. The molecule has 1 heterocycles. The summed E-state index contributed by atoms with van der Waals surface area (Å²) in [4.78, 5) is 16.4. The van der Waals surface area contributed by atoms with Crippen molar-refractivity contribution in [2.75, 3.05) is 11.9 Å². The number of pyridine rings is 1. The molecule has 0 aliphatic heterocycles. The molecule has 3 rings (SSSR count). The summed E-state index contributed by atoms with van der Waals surface area (Å²) >= 11 is 11.9. The molecular weight excluding hydrogens is 335 g/mol. The van der Waals surface area contributed by atoms with Crippen LogP contribution >= 0.6 is 23.2 Å². The van der Waals surface area contributed by atoms with Gasteiger partial charge in [-0.3, -0.25) is 9.78 Å². The third-order valence-electron chi connectivity index (χ3n) is 3.16. The second kappa shape index (κ2) is 6.86. The van der Waals surface area contributed by atoms with Crippen LogP contribution < -0.4 is 10.1 Å². The number of nitrogens with zero attached hydrogens (tertiary/aromatic N) is 1. The number of halogens is 2. The molecule has 0 unspecified atom stereocenters. The number of carbonyl (C=O) groups is 1. The molecule has 116 valence electrons. The Kier molecular flexibility index (Phi) is 4.65. The van der Waals surface area contributed by atoms with Gasteiger partial charge in [0.15, 0.2) is 6.61 Å². The molecule has 0 aliphatic rings. The van der Waals surface area contributed by atoms with Crippen LogP contribution in [0.15, 0.2) is 54.7 Å². The average molecular weight is 347 g/mol. The Balaban J connectivity index is 1.70. The van der Waals surface area contributed by atoms with E-state index in [1.165, 1.54) is 0 Å². The summed E-state index contributed by atoms with van der Waals surface area (Å²) in [5, 5.41) is 4.62. The minimum atomic E-state index is -0.306. The number of rotatable bonds is 4. The number of aromatic nitrogens is 1. The molecule has 2 aromatic carbocycles. The normalized spacial score (nSPS) is 10.5. The van der Waals surface area contributed by atoms with Gasteiger partial charge in [-0.25, -0.2) is 0 Å². The molecule has 0 aliphatic carbocycles. The Morgan fingerprint density at radius 2 is 1.96 bits per heavy atom. The quantitative estimate of drug-likeness (QED) is 0.753. The lowest BCUT2D eigenvalue weighted by Crippen LogP contribution is -2.20. The zero-order valence-corrected chi connectivity index (χ0v) is 13.4. The third-order valence-corrected chi connectivity index (χ3v) is 3.71. The lowest BCUT2D eigenvalue weighted by atomic mass is 10.2. The molecule has 0 fully saturated rings. The lowest BCUT2D eigenvalue weighted by molar-refractivity contribution is -0.118. The standard InChI is InChI=1S/C17H12Cl2N2O2/c18-12-6-7-13(19)15(9-12)23-10-16(22)21-14-5-1-3-11-4-2-8-20-17(11)14/h1-9H,10H2,(H,21,22). The van der Waals surface area contributed by atoms with Crippen molar-refractivity contribution in [3.05, 3.63) is 64.8 Å². The summed E-state index contributed by atoms with van der Waals surface area (Å²) in [5.74, 6) is 0.0598. The fourth-order valence-electron chi connectivity index (χ4n) is 2.12. The van der Waals surface area contributed by atoms with E-state index in [0.717, 1.165) is 10.9 Å². The predicted molar refractivity (Wildman–Crippen MR) is 92.3 cm³/mol. The van der Waals surface area contributed by atoms with Crippen molar-refractivity contribution < 1.29 is 9.53 Å². The Morgan fingerprint density at radius 1 is 1.13 bits per heavy atom. The Morgan fingerprint density at radius 3 is 2.83 bits per heavy atom. The summed E-state index contributed by atoms with van der Waals surface area (Å²) in [5.41, 5.74) is 1.36. The van der Waals surface area contributed by atoms with Gasteiger partial charge in [-0.1, -0.05) is 41.4 Å². The minimum absolute atomic E-state index is 0.177. The number of para-hydroxylation sites is 1. The molecule has 3 aromatic rings. The van der Waals surface area contributed by atoms with Gasteiger partial charge in [0.25, 0.3) is 5.91 Å². The van der Waals surface area contributed by atoms with Crippen molar-refractivity contribution in [2.45, 2.75) is 0 Å². The van der Waals surface area contributed by atoms with Gasteiger partial charge in [0.2, 0.25) is 0 Å². The summed E-state index contributed by atoms with van der Waals surface area (Å²) in [6.45, 7) is -0.177. The molecule has 1 amide bonds. The first-order chi connectivity index (χ1) is 11.1. The van der Waals surface area contributed by atoms with E-state index in [4.69, 9.17) is 27.9 Å². The maximum atomic E-state index is 12.1. The molecule has 1 N–H and O–H groups in total. The minimum Gasteiger partial charge on any atom is -0.482 e. The van der Waals surface area contributed by atoms with Crippen molar-refractivity contribution in [1.82, 2.24) is 4.98 Å². The largest absolute Gasteiger partial charge is 0.482 e. The van der Waals surface area contributed by atoms with Gasteiger partial charge in [0, 0.05) is 22.7 Å². The summed E-state index contributed by atoms with van der Waals surface area (Å²) in [6, 6.07) is 14.2. The molecule has 0 spiro atoms. The van der Waals surface area contributed by atoms with Gasteiger partial charge in [-0.15, -0.1) is 0 Å². The fraction of sp³-hybridized carbons (Fsp3) is 0.0588. The smallest absolute Gasteiger partial charge is 0.262 e. The first kappa shape index (κ1) is 15.6. The topological polar surface area (TPSA) is 51.2 Å². The number of anilines is 1. The number of nitrogens with one attached hydrogen (secondary N) is 1.